The van der Waals surface area contributed by atoms with Crippen LogP contribution in [-0.2, 0) is 20.6 Å². The third-order valence-electron chi connectivity index (χ3n) is 2.61. The average molecular weight is 411 g/mol. The van der Waals surface area contributed by atoms with Crippen LogP contribution in [0.25, 0.3) is 0 Å². The van der Waals surface area contributed by atoms with Crippen LogP contribution >= 0.6 is 23.2 Å². The van der Waals surface area contributed by atoms with Crippen molar-refractivity contribution in [1.29, 1.82) is 0 Å². The number of benzene rings is 2. The SMILES string of the molecule is Cc1ccc(S(=O)(=O)O)cc1N=S(=O)=O.Nc1cc(Cl)ccc1Cl. The molecule has 0 saturated carbocycles. The minimum atomic E-state index is -4.34. The minimum Gasteiger partial charge on any atom is -0.397 e. The largest absolute Gasteiger partial charge is 0.397 e. The average Bonchev–Trinajstić information content (AvgIpc) is 2.44. The van der Waals surface area contributed by atoms with Crippen molar-refractivity contribution in [2.75, 3.05) is 5.73 Å². The molecule has 24 heavy (non-hydrogen) atoms. The highest BCUT2D eigenvalue weighted by molar-refractivity contribution is 7.85. The Bertz CT molecular complexity index is 981. The summed E-state index contributed by atoms with van der Waals surface area (Å²) in [4.78, 5) is -0.391. The first-order valence-electron chi connectivity index (χ1n) is 6.10. The highest BCUT2D eigenvalue weighted by Crippen LogP contribution is 2.23. The van der Waals surface area contributed by atoms with Gasteiger partial charge in [0, 0.05) is 5.02 Å². The van der Waals surface area contributed by atoms with Crippen LogP contribution < -0.4 is 5.73 Å². The molecule has 7 nitrogen and oxygen atoms in total. The number of nitrogens with two attached hydrogens (primary N) is 1. The van der Waals surface area contributed by atoms with Crippen LogP contribution in [0.1, 0.15) is 5.56 Å². The zero-order chi connectivity index (χ0) is 18.5. The lowest BCUT2D eigenvalue weighted by Gasteiger charge is -2.00. The molecule has 2 aromatic rings. The number of nitrogens with zero attached hydrogens (tertiary/aromatic N) is 1. The Kier molecular flexibility index (Phi) is 7.18. The van der Waals surface area contributed by atoms with Gasteiger partial charge in [-0.15, -0.1) is 4.36 Å². The molecule has 0 aliphatic carbocycles. The van der Waals surface area contributed by atoms with Crippen molar-refractivity contribution < 1.29 is 21.4 Å². The Morgan fingerprint density at radius 2 is 1.75 bits per heavy atom. The van der Waals surface area contributed by atoms with Crippen molar-refractivity contribution in [3.8, 4) is 0 Å². The summed E-state index contributed by atoms with van der Waals surface area (Å²) in [5, 5.41) is 1.15. The van der Waals surface area contributed by atoms with E-state index >= 15 is 0 Å². The molecule has 3 N–H and O–H groups in total. The first-order valence-corrected chi connectivity index (χ1v) is 9.33. The molecular formula is C13H12Cl2N2O5S2. The van der Waals surface area contributed by atoms with Gasteiger partial charge in [0.1, 0.15) is 0 Å². The van der Waals surface area contributed by atoms with Crippen LogP contribution in [0.15, 0.2) is 45.7 Å². The second-order valence-corrected chi connectivity index (χ2v) is 7.28. The van der Waals surface area contributed by atoms with Gasteiger partial charge in [-0.25, -0.2) is 0 Å². The van der Waals surface area contributed by atoms with E-state index in [4.69, 9.17) is 33.5 Å². The monoisotopic (exact) mass is 410 g/mol. The van der Waals surface area contributed by atoms with Crippen molar-refractivity contribution in [2.45, 2.75) is 11.8 Å². The van der Waals surface area contributed by atoms with E-state index in [0.29, 0.717) is 21.3 Å². The van der Waals surface area contributed by atoms with Crippen LogP contribution in [0.4, 0.5) is 11.4 Å². The zero-order valence-corrected chi connectivity index (χ0v) is 15.3. The first-order chi connectivity index (χ1) is 11.0. The molecule has 0 radical (unpaired) electrons. The molecule has 0 aliphatic rings. The predicted octanol–water partition coefficient (Wildman–Crippen LogP) is 3.51. The number of anilines is 1. The molecule has 0 aliphatic heterocycles. The summed E-state index contributed by atoms with van der Waals surface area (Å²) in [5.74, 6) is 0. The van der Waals surface area contributed by atoms with Crippen molar-refractivity contribution in [3.63, 3.8) is 0 Å². The summed E-state index contributed by atoms with van der Waals surface area (Å²) in [6, 6.07) is 8.48. The van der Waals surface area contributed by atoms with Crippen molar-refractivity contribution in [2.24, 2.45) is 4.36 Å². The minimum absolute atomic E-state index is 0.0153. The fraction of sp³-hybridized carbons (Fsp3) is 0.0769. The number of nitrogen functional groups attached to an aromatic ring is 1. The Morgan fingerprint density at radius 1 is 1.12 bits per heavy atom. The molecule has 0 saturated heterocycles. The highest BCUT2D eigenvalue weighted by atomic mass is 35.5. The van der Waals surface area contributed by atoms with E-state index < -0.39 is 25.5 Å². The molecule has 0 bridgehead atoms. The molecule has 130 valence electrons. The summed E-state index contributed by atoms with van der Waals surface area (Å²) in [6.45, 7) is 1.57. The summed E-state index contributed by atoms with van der Waals surface area (Å²) in [5.41, 5.74) is 6.40. The lowest BCUT2D eigenvalue weighted by molar-refractivity contribution is 0.483. The number of aryl methyl sites for hydroxylation is 1. The normalized spacial score (nSPS) is 10.5. The van der Waals surface area contributed by atoms with Crippen molar-refractivity contribution >= 4 is 55.2 Å². The van der Waals surface area contributed by atoms with E-state index in [-0.39, 0.29) is 5.69 Å². The first kappa shape index (κ1) is 20.4. The van der Waals surface area contributed by atoms with Gasteiger partial charge in [-0.05, 0) is 42.8 Å². The molecule has 0 aromatic heterocycles. The molecule has 0 spiro atoms. The van der Waals surface area contributed by atoms with Gasteiger partial charge in [0.05, 0.1) is 21.3 Å². The Hall–Kier alpha value is -1.65. The molecule has 0 fully saturated rings. The van der Waals surface area contributed by atoms with Gasteiger partial charge < -0.3 is 5.73 Å². The topological polar surface area (TPSA) is 127 Å². The van der Waals surface area contributed by atoms with Gasteiger partial charge >= 0.3 is 10.5 Å². The van der Waals surface area contributed by atoms with E-state index in [1.807, 2.05) is 0 Å². The third-order valence-corrected chi connectivity index (χ3v) is 4.38. The van der Waals surface area contributed by atoms with Crippen LogP contribution in [0.3, 0.4) is 0 Å². The van der Waals surface area contributed by atoms with Gasteiger partial charge in [0.15, 0.2) is 0 Å². The van der Waals surface area contributed by atoms with Crippen LogP contribution in [0.2, 0.25) is 10.0 Å². The number of hydrogen-bond acceptors (Lipinski definition) is 6. The van der Waals surface area contributed by atoms with E-state index in [1.54, 1.807) is 25.1 Å². The molecule has 2 aromatic carbocycles. The van der Waals surface area contributed by atoms with Gasteiger partial charge in [-0.2, -0.15) is 16.8 Å². The highest BCUT2D eigenvalue weighted by Gasteiger charge is 2.11. The maximum atomic E-state index is 10.7. The third kappa shape index (κ3) is 6.46. The maximum absolute atomic E-state index is 10.7. The standard InChI is InChI=1S/C7H7NO5S2.C6H5Cl2N/c1-5-2-3-6(15(11,12)13)4-7(5)8-14(9)10;7-4-1-2-5(8)6(9)3-4/h2-4H,1H3,(H,11,12,13);1-3H,9H2. The number of hydrogen-bond donors (Lipinski definition) is 2. The number of halogens is 2. The van der Waals surface area contributed by atoms with E-state index in [1.165, 1.54) is 6.07 Å². The molecule has 0 amide bonds. The van der Waals surface area contributed by atoms with Crippen molar-refractivity contribution in [1.82, 2.24) is 0 Å². The Labute approximate surface area is 150 Å². The smallest absolute Gasteiger partial charge is 0.316 e. The van der Waals surface area contributed by atoms with Crippen molar-refractivity contribution in [3.05, 3.63) is 52.0 Å². The second kappa shape index (κ2) is 8.45. The van der Waals surface area contributed by atoms with Crippen LogP contribution in [0.5, 0.6) is 0 Å². The molecule has 11 heteroatoms. The molecule has 2 rings (SSSR count). The van der Waals surface area contributed by atoms with Gasteiger partial charge in [-0.1, -0.05) is 29.3 Å². The second-order valence-electron chi connectivity index (χ2n) is 4.40. The van der Waals surface area contributed by atoms with Gasteiger partial charge in [0.25, 0.3) is 10.1 Å². The fourth-order valence-electron chi connectivity index (χ4n) is 1.44. The molecule has 0 heterocycles. The molecule has 0 atom stereocenters. The quantitative estimate of drug-likeness (QED) is 0.575. The predicted molar refractivity (Wildman–Crippen MR) is 92.9 cm³/mol. The van der Waals surface area contributed by atoms with Gasteiger partial charge in [-0.3, -0.25) is 4.55 Å². The van der Waals surface area contributed by atoms with Crippen LogP contribution in [0, 0.1) is 6.92 Å². The zero-order valence-electron chi connectivity index (χ0n) is 12.1. The van der Waals surface area contributed by atoms with E-state index in [9.17, 15) is 16.8 Å². The lowest BCUT2D eigenvalue weighted by atomic mass is 10.2. The van der Waals surface area contributed by atoms with E-state index in [2.05, 4.69) is 4.36 Å². The lowest BCUT2D eigenvalue weighted by Crippen LogP contribution is -1.97. The van der Waals surface area contributed by atoms with Crippen LogP contribution in [-0.4, -0.2) is 21.4 Å². The summed E-state index contributed by atoms with van der Waals surface area (Å²) < 4.78 is 54.0. The van der Waals surface area contributed by atoms with Gasteiger partial charge in [0.2, 0.25) is 0 Å². The number of rotatable bonds is 2. The molecular weight excluding hydrogens is 399 g/mol. The summed E-state index contributed by atoms with van der Waals surface area (Å²) in [6.07, 6.45) is 0. The Morgan fingerprint density at radius 3 is 2.21 bits per heavy atom. The Balaban J connectivity index is 0.000000272. The summed E-state index contributed by atoms with van der Waals surface area (Å²) in [7, 11) is -7.00. The van der Waals surface area contributed by atoms with E-state index in [0.717, 1.165) is 12.1 Å². The maximum Gasteiger partial charge on any atom is 0.316 e. The molecule has 0 unspecified atom stereocenters. The fourth-order valence-corrected chi connectivity index (χ4v) is 2.60. The summed E-state index contributed by atoms with van der Waals surface area (Å²) >= 11 is 11.2.